The number of sulfonamides is 1. The molecule has 2 N–H and O–H groups in total. The van der Waals surface area contributed by atoms with Gasteiger partial charge in [0.05, 0.1) is 11.4 Å². The summed E-state index contributed by atoms with van der Waals surface area (Å²) in [5.74, 6) is -0.302. The molecule has 2 rings (SSSR count). The van der Waals surface area contributed by atoms with Crippen LogP contribution in [0.2, 0.25) is 5.02 Å². The molecule has 0 aromatic heterocycles. The second-order valence-corrected chi connectivity index (χ2v) is 7.45. The molecule has 1 aromatic rings. The zero-order valence-corrected chi connectivity index (χ0v) is 14.5. The Labute approximate surface area is 141 Å². The van der Waals surface area contributed by atoms with Gasteiger partial charge in [-0.2, -0.15) is 4.31 Å². The van der Waals surface area contributed by atoms with E-state index in [1.165, 1.54) is 31.3 Å². The molecule has 0 saturated carbocycles. The van der Waals surface area contributed by atoms with E-state index in [4.69, 9.17) is 11.6 Å². The lowest BCUT2D eigenvalue weighted by Gasteiger charge is -2.18. The number of nitrogens with zero attached hydrogens (tertiary/aromatic N) is 1. The third kappa shape index (κ3) is 4.82. The number of halogens is 2. The van der Waals surface area contributed by atoms with E-state index in [9.17, 15) is 13.2 Å². The van der Waals surface area contributed by atoms with Gasteiger partial charge in [0, 0.05) is 24.7 Å². The summed E-state index contributed by atoms with van der Waals surface area (Å²) < 4.78 is 25.6. The summed E-state index contributed by atoms with van der Waals surface area (Å²) in [6.45, 7) is 1.38. The summed E-state index contributed by atoms with van der Waals surface area (Å²) >= 11 is 5.74. The topological polar surface area (TPSA) is 78.5 Å². The van der Waals surface area contributed by atoms with E-state index in [-0.39, 0.29) is 35.8 Å². The molecular weight excluding hydrogens is 349 g/mol. The van der Waals surface area contributed by atoms with Crippen LogP contribution in [-0.4, -0.2) is 51.4 Å². The highest BCUT2D eigenvalue weighted by Crippen LogP contribution is 2.17. The molecule has 6 nitrogen and oxygen atoms in total. The first-order valence-electron chi connectivity index (χ1n) is 6.61. The Balaban J connectivity index is 0.00000242. The molecule has 1 heterocycles. The molecule has 22 heavy (non-hydrogen) atoms. The van der Waals surface area contributed by atoms with Crippen LogP contribution in [0.15, 0.2) is 29.2 Å². The smallest absolute Gasteiger partial charge is 0.243 e. The average molecular weight is 368 g/mol. The molecule has 1 fully saturated rings. The Bertz CT molecular complexity index is 601. The maximum atomic E-state index is 12.3. The number of benzene rings is 1. The highest BCUT2D eigenvalue weighted by molar-refractivity contribution is 7.89. The van der Waals surface area contributed by atoms with Gasteiger partial charge in [0.25, 0.3) is 0 Å². The van der Waals surface area contributed by atoms with Crippen LogP contribution in [0.4, 0.5) is 0 Å². The summed E-state index contributed by atoms with van der Waals surface area (Å²) in [6.07, 6.45) is 0.861. The van der Waals surface area contributed by atoms with Crippen LogP contribution in [-0.2, 0) is 14.8 Å². The zero-order chi connectivity index (χ0) is 15.5. The average Bonchev–Trinajstić information content (AvgIpc) is 2.91. The SMILES string of the molecule is CN(CC(=O)NC1CCNC1)S(=O)(=O)c1ccc(Cl)cc1.Cl. The third-order valence-electron chi connectivity index (χ3n) is 3.31. The Morgan fingerprint density at radius 1 is 1.41 bits per heavy atom. The third-order valence-corrected chi connectivity index (χ3v) is 5.38. The molecule has 1 aliphatic rings. The number of hydrogen-bond acceptors (Lipinski definition) is 4. The van der Waals surface area contributed by atoms with E-state index in [0.717, 1.165) is 23.8 Å². The number of likely N-dealkylation sites (N-methyl/N-ethyl adjacent to an activating group) is 1. The van der Waals surface area contributed by atoms with Gasteiger partial charge in [0.15, 0.2) is 0 Å². The Kier molecular flexibility index (Phi) is 7.08. The molecule has 1 aliphatic heterocycles. The van der Waals surface area contributed by atoms with Gasteiger partial charge < -0.3 is 10.6 Å². The molecule has 0 spiro atoms. The summed E-state index contributed by atoms with van der Waals surface area (Å²) in [5.41, 5.74) is 0. The second kappa shape index (κ2) is 8.12. The molecular formula is C13H19Cl2N3O3S. The minimum absolute atomic E-state index is 0. The monoisotopic (exact) mass is 367 g/mol. The van der Waals surface area contributed by atoms with Gasteiger partial charge in [0.1, 0.15) is 0 Å². The largest absolute Gasteiger partial charge is 0.351 e. The first kappa shape index (κ1) is 19.2. The van der Waals surface area contributed by atoms with Crippen molar-refractivity contribution >= 4 is 39.9 Å². The quantitative estimate of drug-likeness (QED) is 0.808. The van der Waals surface area contributed by atoms with Crippen LogP contribution in [0.25, 0.3) is 0 Å². The maximum absolute atomic E-state index is 12.3. The lowest BCUT2D eigenvalue weighted by atomic mass is 10.2. The van der Waals surface area contributed by atoms with Gasteiger partial charge in [-0.15, -0.1) is 12.4 Å². The van der Waals surface area contributed by atoms with Gasteiger partial charge >= 0.3 is 0 Å². The first-order valence-corrected chi connectivity index (χ1v) is 8.43. The molecule has 1 saturated heterocycles. The maximum Gasteiger partial charge on any atom is 0.243 e. The number of nitrogens with one attached hydrogen (secondary N) is 2. The molecule has 1 aromatic carbocycles. The van der Waals surface area contributed by atoms with Gasteiger partial charge in [0.2, 0.25) is 15.9 Å². The molecule has 0 aliphatic carbocycles. The molecule has 124 valence electrons. The van der Waals surface area contributed by atoms with Crippen LogP contribution in [0.1, 0.15) is 6.42 Å². The number of hydrogen-bond donors (Lipinski definition) is 2. The predicted octanol–water partition coefficient (Wildman–Crippen LogP) is 0.860. The number of rotatable bonds is 5. The van der Waals surface area contributed by atoms with E-state index in [2.05, 4.69) is 10.6 Å². The van der Waals surface area contributed by atoms with Gasteiger partial charge in [-0.3, -0.25) is 4.79 Å². The normalized spacial score (nSPS) is 18.0. The van der Waals surface area contributed by atoms with Crippen molar-refractivity contribution in [3.63, 3.8) is 0 Å². The number of carbonyl (C=O) groups is 1. The van der Waals surface area contributed by atoms with Gasteiger partial charge in [-0.05, 0) is 37.2 Å². The van der Waals surface area contributed by atoms with E-state index in [1.807, 2.05) is 0 Å². The van der Waals surface area contributed by atoms with Crippen molar-refractivity contribution in [1.82, 2.24) is 14.9 Å². The van der Waals surface area contributed by atoms with Crippen molar-refractivity contribution in [3.05, 3.63) is 29.3 Å². The highest BCUT2D eigenvalue weighted by atomic mass is 35.5. The van der Waals surface area contributed by atoms with Crippen molar-refractivity contribution in [2.75, 3.05) is 26.7 Å². The molecule has 1 unspecified atom stereocenters. The molecule has 0 bridgehead atoms. The fourth-order valence-corrected chi connectivity index (χ4v) is 3.38. The van der Waals surface area contributed by atoms with E-state index in [0.29, 0.717) is 5.02 Å². The van der Waals surface area contributed by atoms with Crippen LogP contribution in [0.3, 0.4) is 0 Å². The number of amides is 1. The molecule has 9 heteroatoms. The fourth-order valence-electron chi connectivity index (χ4n) is 2.12. The zero-order valence-electron chi connectivity index (χ0n) is 12.1. The molecule has 1 atom stereocenters. The van der Waals surface area contributed by atoms with E-state index >= 15 is 0 Å². The Morgan fingerprint density at radius 2 is 2.05 bits per heavy atom. The second-order valence-electron chi connectivity index (χ2n) is 4.97. The first-order chi connectivity index (χ1) is 9.89. The van der Waals surface area contributed by atoms with Crippen molar-refractivity contribution < 1.29 is 13.2 Å². The molecule has 1 amide bonds. The minimum Gasteiger partial charge on any atom is -0.351 e. The lowest BCUT2D eigenvalue weighted by molar-refractivity contribution is -0.121. The van der Waals surface area contributed by atoms with Crippen LogP contribution in [0, 0.1) is 0 Å². The van der Waals surface area contributed by atoms with Crippen molar-refractivity contribution in [2.24, 2.45) is 0 Å². The Morgan fingerprint density at radius 3 is 2.59 bits per heavy atom. The standard InChI is InChI=1S/C13H18ClN3O3S.ClH/c1-17(9-13(18)16-11-6-7-15-8-11)21(19,20)12-4-2-10(14)3-5-12;/h2-5,11,15H,6-9H2,1H3,(H,16,18);1H. The van der Waals surface area contributed by atoms with Crippen molar-refractivity contribution in [2.45, 2.75) is 17.4 Å². The summed E-state index contributed by atoms with van der Waals surface area (Å²) in [7, 11) is -2.30. The summed E-state index contributed by atoms with van der Waals surface area (Å²) in [4.78, 5) is 12.0. The fraction of sp³-hybridized carbons (Fsp3) is 0.462. The van der Waals surface area contributed by atoms with Crippen LogP contribution >= 0.6 is 24.0 Å². The highest BCUT2D eigenvalue weighted by Gasteiger charge is 2.24. The Hall–Kier alpha value is -0.860. The van der Waals surface area contributed by atoms with Crippen molar-refractivity contribution in [3.8, 4) is 0 Å². The van der Waals surface area contributed by atoms with E-state index < -0.39 is 10.0 Å². The van der Waals surface area contributed by atoms with Gasteiger partial charge in [-0.25, -0.2) is 8.42 Å². The van der Waals surface area contributed by atoms with Crippen LogP contribution < -0.4 is 10.6 Å². The van der Waals surface area contributed by atoms with Crippen molar-refractivity contribution in [1.29, 1.82) is 0 Å². The predicted molar refractivity (Wildman–Crippen MR) is 87.9 cm³/mol. The lowest BCUT2D eigenvalue weighted by Crippen LogP contribution is -2.43. The minimum atomic E-state index is -3.69. The van der Waals surface area contributed by atoms with Gasteiger partial charge in [-0.1, -0.05) is 11.6 Å². The molecule has 0 radical (unpaired) electrons. The summed E-state index contributed by atoms with van der Waals surface area (Å²) in [5, 5.41) is 6.41. The number of carbonyl (C=O) groups excluding carboxylic acids is 1. The van der Waals surface area contributed by atoms with E-state index in [1.54, 1.807) is 0 Å². The summed E-state index contributed by atoms with van der Waals surface area (Å²) in [6, 6.07) is 5.93. The van der Waals surface area contributed by atoms with Crippen LogP contribution in [0.5, 0.6) is 0 Å².